The van der Waals surface area contributed by atoms with Crippen molar-refractivity contribution in [3.8, 4) is 5.75 Å². The van der Waals surface area contributed by atoms with Crippen molar-refractivity contribution in [2.45, 2.75) is 32.2 Å². The molecule has 0 aromatic heterocycles. The molecule has 0 fully saturated rings. The highest BCUT2D eigenvalue weighted by atomic mass is 32.2. The molecule has 0 unspecified atom stereocenters. The van der Waals surface area contributed by atoms with Crippen LogP contribution < -0.4 is 4.74 Å². The van der Waals surface area contributed by atoms with Crippen LogP contribution in [0.15, 0.2) is 47.4 Å². The normalized spacial score (nSPS) is 11.7. The Morgan fingerprint density at radius 1 is 1.09 bits per heavy atom. The van der Waals surface area contributed by atoms with E-state index in [1.807, 2.05) is 57.2 Å². The molecule has 2 aromatic carbocycles. The monoisotopic (exact) mass is 333 g/mol. The van der Waals surface area contributed by atoms with E-state index in [4.69, 9.17) is 4.74 Å². The molecule has 0 spiro atoms. The lowest BCUT2D eigenvalue weighted by Crippen LogP contribution is -2.27. The van der Waals surface area contributed by atoms with Crippen LogP contribution in [0, 0.1) is 13.8 Å². The van der Waals surface area contributed by atoms with Gasteiger partial charge in [-0.25, -0.2) is 8.42 Å². The second-order valence-corrected chi connectivity index (χ2v) is 7.58. The standard InChI is InChI=1S/C18H23NO3S/c1-5-22-17-9-7-6-8-16(17)13-19(4)23(20,21)18-12-14(2)10-11-15(18)3/h6-12H,5,13H2,1-4H3. The zero-order valence-corrected chi connectivity index (χ0v) is 14.9. The van der Waals surface area contributed by atoms with E-state index in [-0.39, 0.29) is 6.54 Å². The Morgan fingerprint density at radius 3 is 2.48 bits per heavy atom. The van der Waals surface area contributed by atoms with E-state index in [1.165, 1.54) is 4.31 Å². The fourth-order valence-electron chi connectivity index (χ4n) is 2.41. The van der Waals surface area contributed by atoms with Crippen molar-refractivity contribution in [1.29, 1.82) is 0 Å². The van der Waals surface area contributed by atoms with E-state index >= 15 is 0 Å². The molecular formula is C18H23NO3S. The van der Waals surface area contributed by atoms with E-state index < -0.39 is 10.0 Å². The summed E-state index contributed by atoms with van der Waals surface area (Å²) < 4.78 is 32.7. The predicted octanol–water partition coefficient (Wildman–Crippen LogP) is 3.52. The number of aryl methyl sites for hydroxylation is 2. The van der Waals surface area contributed by atoms with Crippen molar-refractivity contribution in [2.24, 2.45) is 0 Å². The van der Waals surface area contributed by atoms with Gasteiger partial charge >= 0.3 is 0 Å². The summed E-state index contributed by atoms with van der Waals surface area (Å²) in [6.45, 7) is 6.43. The Labute approximate surface area is 138 Å². The third kappa shape index (κ3) is 3.92. The van der Waals surface area contributed by atoms with Gasteiger partial charge in [-0.1, -0.05) is 30.3 Å². The lowest BCUT2D eigenvalue weighted by Gasteiger charge is -2.20. The minimum Gasteiger partial charge on any atom is -0.494 e. The first-order valence-electron chi connectivity index (χ1n) is 7.60. The smallest absolute Gasteiger partial charge is 0.243 e. The van der Waals surface area contributed by atoms with Gasteiger partial charge in [0.15, 0.2) is 0 Å². The maximum atomic E-state index is 12.9. The van der Waals surface area contributed by atoms with E-state index in [0.717, 1.165) is 22.4 Å². The molecule has 0 saturated carbocycles. The molecule has 124 valence electrons. The number of hydrogen-bond donors (Lipinski definition) is 0. The number of rotatable bonds is 6. The fourth-order valence-corrected chi connectivity index (χ4v) is 3.86. The molecule has 23 heavy (non-hydrogen) atoms. The molecule has 0 aliphatic heterocycles. The molecule has 0 aliphatic carbocycles. The van der Waals surface area contributed by atoms with Crippen LogP contribution in [0.3, 0.4) is 0 Å². The van der Waals surface area contributed by atoms with Crippen molar-refractivity contribution in [3.63, 3.8) is 0 Å². The second kappa shape index (κ2) is 7.15. The van der Waals surface area contributed by atoms with Crippen molar-refractivity contribution < 1.29 is 13.2 Å². The summed E-state index contributed by atoms with van der Waals surface area (Å²) in [7, 11) is -1.95. The van der Waals surface area contributed by atoms with Crippen LogP contribution >= 0.6 is 0 Å². The number of ether oxygens (including phenoxy) is 1. The first kappa shape index (κ1) is 17.5. The molecule has 0 aliphatic rings. The van der Waals surface area contributed by atoms with Crippen molar-refractivity contribution in [3.05, 3.63) is 59.2 Å². The van der Waals surface area contributed by atoms with E-state index in [9.17, 15) is 8.42 Å². The second-order valence-electron chi connectivity index (χ2n) is 5.57. The van der Waals surface area contributed by atoms with E-state index in [1.54, 1.807) is 13.1 Å². The Hall–Kier alpha value is -1.85. The van der Waals surface area contributed by atoms with Gasteiger partial charge in [0.2, 0.25) is 10.0 Å². The first-order valence-corrected chi connectivity index (χ1v) is 9.04. The molecule has 5 heteroatoms. The van der Waals surface area contributed by atoms with Gasteiger partial charge in [0.1, 0.15) is 5.75 Å². The highest BCUT2D eigenvalue weighted by Crippen LogP contribution is 2.25. The van der Waals surface area contributed by atoms with Crippen LogP contribution in [-0.4, -0.2) is 26.4 Å². The number of hydrogen-bond acceptors (Lipinski definition) is 3. The number of sulfonamides is 1. The molecule has 0 amide bonds. The van der Waals surface area contributed by atoms with Gasteiger partial charge in [-0.15, -0.1) is 0 Å². The Kier molecular flexibility index (Phi) is 5.44. The summed E-state index contributed by atoms with van der Waals surface area (Å²) >= 11 is 0. The number of nitrogens with zero attached hydrogens (tertiary/aromatic N) is 1. The highest BCUT2D eigenvalue weighted by Gasteiger charge is 2.23. The van der Waals surface area contributed by atoms with E-state index in [2.05, 4.69) is 0 Å². The van der Waals surface area contributed by atoms with Gasteiger partial charge in [0.05, 0.1) is 11.5 Å². The molecule has 0 bridgehead atoms. The summed E-state index contributed by atoms with van der Waals surface area (Å²) in [5, 5.41) is 0. The van der Waals surface area contributed by atoms with Gasteiger partial charge in [-0.2, -0.15) is 4.31 Å². The summed E-state index contributed by atoms with van der Waals surface area (Å²) in [6.07, 6.45) is 0. The quantitative estimate of drug-likeness (QED) is 0.812. The fraction of sp³-hybridized carbons (Fsp3) is 0.333. The minimum atomic E-state index is -3.54. The molecule has 0 N–H and O–H groups in total. The van der Waals surface area contributed by atoms with Crippen molar-refractivity contribution in [1.82, 2.24) is 4.31 Å². The van der Waals surface area contributed by atoms with E-state index in [0.29, 0.717) is 11.5 Å². The van der Waals surface area contributed by atoms with Crippen LogP contribution in [0.4, 0.5) is 0 Å². The van der Waals surface area contributed by atoms with Crippen LogP contribution in [0.2, 0.25) is 0 Å². The van der Waals surface area contributed by atoms with Crippen molar-refractivity contribution >= 4 is 10.0 Å². The van der Waals surface area contributed by atoms with Gasteiger partial charge < -0.3 is 4.74 Å². The SMILES string of the molecule is CCOc1ccccc1CN(C)S(=O)(=O)c1cc(C)ccc1C. The molecule has 2 rings (SSSR count). The minimum absolute atomic E-state index is 0.270. The summed E-state index contributed by atoms with van der Waals surface area (Å²) in [5.74, 6) is 0.720. The molecule has 0 radical (unpaired) electrons. The third-order valence-corrected chi connectivity index (χ3v) is 5.64. The van der Waals surface area contributed by atoms with Gasteiger partial charge in [-0.05, 0) is 44.0 Å². The predicted molar refractivity (Wildman–Crippen MR) is 92.2 cm³/mol. The summed E-state index contributed by atoms with van der Waals surface area (Å²) in [4.78, 5) is 0.355. The molecule has 0 heterocycles. The average Bonchev–Trinajstić information content (AvgIpc) is 2.51. The van der Waals surface area contributed by atoms with Crippen LogP contribution in [0.1, 0.15) is 23.6 Å². The zero-order valence-electron chi connectivity index (χ0n) is 14.0. The lowest BCUT2D eigenvalue weighted by atomic mass is 10.2. The Balaban J connectivity index is 2.33. The molecule has 2 aromatic rings. The summed E-state index contributed by atoms with van der Waals surface area (Å²) in [6, 6.07) is 13.0. The van der Waals surface area contributed by atoms with Crippen LogP contribution in [-0.2, 0) is 16.6 Å². The Bertz CT molecular complexity index is 785. The van der Waals surface area contributed by atoms with Crippen LogP contribution in [0.5, 0.6) is 5.75 Å². The third-order valence-electron chi connectivity index (χ3n) is 3.70. The largest absolute Gasteiger partial charge is 0.494 e. The maximum absolute atomic E-state index is 12.9. The molecular weight excluding hydrogens is 310 g/mol. The van der Waals surface area contributed by atoms with Gasteiger partial charge in [0, 0.05) is 19.2 Å². The maximum Gasteiger partial charge on any atom is 0.243 e. The lowest BCUT2D eigenvalue weighted by molar-refractivity contribution is 0.332. The van der Waals surface area contributed by atoms with Crippen molar-refractivity contribution in [2.75, 3.05) is 13.7 Å². The molecule has 4 nitrogen and oxygen atoms in total. The van der Waals surface area contributed by atoms with Gasteiger partial charge in [-0.3, -0.25) is 0 Å². The average molecular weight is 333 g/mol. The van der Waals surface area contributed by atoms with Crippen LogP contribution in [0.25, 0.3) is 0 Å². The number of benzene rings is 2. The number of para-hydroxylation sites is 1. The molecule has 0 saturated heterocycles. The Morgan fingerprint density at radius 2 is 1.78 bits per heavy atom. The zero-order chi connectivity index (χ0) is 17.0. The first-order chi connectivity index (χ1) is 10.9. The molecule has 0 atom stereocenters. The van der Waals surface area contributed by atoms with Gasteiger partial charge in [0.25, 0.3) is 0 Å². The highest BCUT2D eigenvalue weighted by molar-refractivity contribution is 7.89. The summed E-state index contributed by atoms with van der Waals surface area (Å²) in [5.41, 5.74) is 2.53. The topological polar surface area (TPSA) is 46.6 Å².